The standard InChI is InChI=1S/C12H17N3O3S/c1-9-7-12(13-8-11(9)15(16)17)14(2)10-3-5-19(18)6-4-10/h7-8,10H,3-6H2,1-2H3. The van der Waals surface area contributed by atoms with Gasteiger partial charge in [0.2, 0.25) is 0 Å². The fourth-order valence-corrected chi connectivity index (χ4v) is 3.55. The lowest BCUT2D eigenvalue weighted by atomic mass is 10.1. The van der Waals surface area contributed by atoms with Crippen LogP contribution < -0.4 is 4.90 Å². The van der Waals surface area contributed by atoms with Crippen molar-refractivity contribution in [3.05, 3.63) is 27.9 Å². The maximum Gasteiger partial charge on any atom is 0.290 e. The molecule has 0 atom stereocenters. The Morgan fingerprint density at radius 2 is 2.11 bits per heavy atom. The third-order valence-electron chi connectivity index (χ3n) is 3.53. The molecule has 0 spiro atoms. The maximum atomic E-state index is 11.3. The minimum Gasteiger partial charge on any atom is -0.357 e. The van der Waals surface area contributed by atoms with E-state index < -0.39 is 15.7 Å². The van der Waals surface area contributed by atoms with E-state index in [2.05, 4.69) is 4.98 Å². The zero-order chi connectivity index (χ0) is 14.0. The second kappa shape index (κ2) is 5.64. The number of nitro groups is 1. The van der Waals surface area contributed by atoms with E-state index in [-0.39, 0.29) is 5.69 Å². The van der Waals surface area contributed by atoms with Gasteiger partial charge in [-0.25, -0.2) is 4.98 Å². The highest BCUT2D eigenvalue weighted by atomic mass is 32.2. The number of hydrogen-bond donors (Lipinski definition) is 0. The number of anilines is 1. The fourth-order valence-electron chi connectivity index (χ4n) is 2.27. The molecule has 104 valence electrons. The zero-order valence-corrected chi connectivity index (χ0v) is 11.9. The summed E-state index contributed by atoms with van der Waals surface area (Å²) in [5, 5.41) is 10.8. The van der Waals surface area contributed by atoms with Crippen LogP contribution in [0.2, 0.25) is 0 Å². The summed E-state index contributed by atoms with van der Waals surface area (Å²) in [4.78, 5) is 16.5. The molecular formula is C12H17N3O3S. The topological polar surface area (TPSA) is 76.3 Å². The summed E-state index contributed by atoms with van der Waals surface area (Å²) in [6.45, 7) is 1.72. The molecule has 0 radical (unpaired) electrons. The lowest BCUT2D eigenvalue weighted by molar-refractivity contribution is -0.385. The summed E-state index contributed by atoms with van der Waals surface area (Å²) in [5.41, 5.74) is 0.656. The Balaban J connectivity index is 2.15. The van der Waals surface area contributed by atoms with Crippen LogP contribution in [0.5, 0.6) is 0 Å². The number of hydrogen-bond acceptors (Lipinski definition) is 5. The molecule has 0 aromatic carbocycles. The first kappa shape index (κ1) is 13.9. The van der Waals surface area contributed by atoms with Gasteiger partial charge in [-0.15, -0.1) is 0 Å². The molecule has 0 aliphatic carbocycles. The SMILES string of the molecule is Cc1cc(N(C)C2CCS(=O)CC2)ncc1[N+](=O)[O-]. The number of aromatic nitrogens is 1. The second-order valence-electron chi connectivity index (χ2n) is 4.78. The predicted octanol–water partition coefficient (Wildman–Crippen LogP) is 1.65. The lowest BCUT2D eigenvalue weighted by Gasteiger charge is -2.31. The normalized spacial score (nSPS) is 23.1. The molecule has 0 N–H and O–H groups in total. The molecule has 1 aliphatic heterocycles. The third-order valence-corrected chi connectivity index (χ3v) is 4.91. The van der Waals surface area contributed by atoms with E-state index in [0.29, 0.717) is 11.6 Å². The second-order valence-corrected chi connectivity index (χ2v) is 6.47. The molecule has 0 saturated carbocycles. The van der Waals surface area contributed by atoms with Gasteiger partial charge < -0.3 is 4.90 Å². The van der Waals surface area contributed by atoms with Crippen molar-refractivity contribution < 1.29 is 9.13 Å². The molecule has 1 fully saturated rings. The molecule has 2 rings (SSSR count). The number of rotatable bonds is 3. The van der Waals surface area contributed by atoms with E-state index in [1.807, 2.05) is 11.9 Å². The van der Waals surface area contributed by atoms with Gasteiger partial charge in [-0.1, -0.05) is 0 Å². The van der Waals surface area contributed by atoms with Gasteiger partial charge in [0.15, 0.2) is 0 Å². The first-order valence-electron chi connectivity index (χ1n) is 6.18. The number of aryl methyl sites for hydroxylation is 1. The van der Waals surface area contributed by atoms with Gasteiger partial charge in [-0.05, 0) is 25.8 Å². The Hall–Kier alpha value is -1.50. The van der Waals surface area contributed by atoms with Gasteiger partial charge in [0, 0.05) is 41.0 Å². The van der Waals surface area contributed by atoms with Gasteiger partial charge in [0.25, 0.3) is 5.69 Å². The smallest absolute Gasteiger partial charge is 0.290 e. The summed E-state index contributed by atoms with van der Waals surface area (Å²) in [7, 11) is 1.25. The average molecular weight is 283 g/mol. The van der Waals surface area contributed by atoms with Crippen molar-refractivity contribution in [1.29, 1.82) is 0 Å². The summed E-state index contributed by atoms with van der Waals surface area (Å²) < 4.78 is 11.3. The molecule has 0 unspecified atom stereocenters. The van der Waals surface area contributed by atoms with Crippen LogP contribution >= 0.6 is 0 Å². The van der Waals surface area contributed by atoms with E-state index >= 15 is 0 Å². The highest BCUT2D eigenvalue weighted by molar-refractivity contribution is 7.85. The summed E-state index contributed by atoms with van der Waals surface area (Å²) in [6, 6.07) is 2.05. The Morgan fingerprint density at radius 3 is 2.63 bits per heavy atom. The van der Waals surface area contributed by atoms with Crippen LogP contribution in [-0.2, 0) is 10.8 Å². The molecule has 1 aromatic rings. The van der Waals surface area contributed by atoms with Gasteiger partial charge in [-0.3, -0.25) is 14.3 Å². The summed E-state index contributed by atoms with van der Waals surface area (Å²) in [5.74, 6) is 2.18. The molecule has 0 amide bonds. The van der Waals surface area contributed by atoms with Crippen LogP contribution in [0.25, 0.3) is 0 Å². The Labute approximate surface area is 114 Å². The van der Waals surface area contributed by atoms with Crippen molar-refractivity contribution in [3.63, 3.8) is 0 Å². The largest absolute Gasteiger partial charge is 0.357 e. The van der Waals surface area contributed by atoms with E-state index in [4.69, 9.17) is 0 Å². The van der Waals surface area contributed by atoms with Crippen molar-refractivity contribution in [1.82, 2.24) is 4.98 Å². The Morgan fingerprint density at radius 1 is 1.47 bits per heavy atom. The minimum absolute atomic E-state index is 0.0434. The summed E-state index contributed by atoms with van der Waals surface area (Å²) in [6.07, 6.45) is 3.06. The molecule has 19 heavy (non-hydrogen) atoms. The molecule has 1 aliphatic rings. The number of pyridine rings is 1. The molecule has 6 nitrogen and oxygen atoms in total. The van der Waals surface area contributed by atoms with Crippen molar-refractivity contribution in [2.24, 2.45) is 0 Å². The highest BCUT2D eigenvalue weighted by Gasteiger charge is 2.23. The van der Waals surface area contributed by atoms with Crippen LogP contribution in [-0.4, -0.2) is 38.7 Å². The van der Waals surface area contributed by atoms with Gasteiger partial charge in [-0.2, -0.15) is 0 Å². The third kappa shape index (κ3) is 3.09. The van der Waals surface area contributed by atoms with Crippen LogP contribution in [0.3, 0.4) is 0 Å². The van der Waals surface area contributed by atoms with Crippen LogP contribution in [0, 0.1) is 17.0 Å². The minimum atomic E-state index is -0.684. The lowest BCUT2D eigenvalue weighted by Crippen LogP contribution is -2.37. The van der Waals surface area contributed by atoms with E-state index in [0.717, 1.165) is 30.2 Å². The first-order valence-corrected chi connectivity index (χ1v) is 7.66. The molecule has 2 heterocycles. The highest BCUT2D eigenvalue weighted by Crippen LogP contribution is 2.24. The van der Waals surface area contributed by atoms with E-state index in [1.165, 1.54) is 6.20 Å². The van der Waals surface area contributed by atoms with Crippen LogP contribution in [0.1, 0.15) is 18.4 Å². The Kier molecular flexibility index (Phi) is 4.14. The molecule has 1 aromatic heterocycles. The first-order chi connectivity index (χ1) is 8.99. The molecule has 0 bridgehead atoms. The number of nitrogens with zero attached hydrogens (tertiary/aromatic N) is 3. The van der Waals surface area contributed by atoms with E-state index in [9.17, 15) is 14.3 Å². The molecular weight excluding hydrogens is 266 g/mol. The van der Waals surface area contributed by atoms with Gasteiger partial charge in [0.1, 0.15) is 12.0 Å². The zero-order valence-electron chi connectivity index (χ0n) is 11.0. The summed E-state index contributed by atoms with van der Waals surface area (Å²) >= 11 is 0. The van der Waals surface area contributed by atoms with E-state index in [1.54, 1.807) is 13.0 Å². The van der Waals surface area contributed by atoms with Crippen molar-refractivity contribution in [2.45, 2.75) is 25.8 Å². The van der Waals surface area contributed by atoms with Gasteiger partial charge >= 0.3 is 0 Å². The maximum absolute atomic E-state index is 11.3. The van der Waals surface area contributed by atoms with Crippen molar-refractivity contribution in [3.8, 4) is 0 Å². The predicted molar refractivity (Wildman–Crippen MR) is 74.9 cm³/mol. The fraction of sp³-hybridized carbons (Fsp3) is 0.583. The van der Waals surface area contributed by atoms with Crippen LogP contribution in [0.15, 0.2) is 12.3 Å². The Bertz CT molecular complexity index is 511. The quantitative estimate of drug-likeness (QED) is 0.622. The molecule has 7 heteroatoms. The van der Waals surface area contributed by atoms with Crippen molar-refractivity contribution >= 4 is 22.3 Å². The average Bonchev–Trinajstić information content (AvgIpc) is 2.38. The monoisotopic (exact) mass is 283 g/mol. The molecule has 1 saturated heterocycles. The van der Waals surface area contributed by atoms with Crippen LogP contribution in [0.4, 0.5) is 11.5 Å². The van der Waals surface area contributed by atoms with Crippen molar-refractivity contribution in [2.75, 3.05) is 23.5 Å². The van der Waals surface area contributed by atoms with Gasteiger partial charge in [0.05, 0.1) is 4.92 Å².